The van der Waals surface area contributed by atoms with E-state index in [0.717, 1.165) is 11.6 Å². The van der Waals surface area contributed by atoms with E-state index in [9.17, 15) is 18.5 Å². The van der Waals surface area contributed by atoms with Crippen molar-refractivity contribution >= 4 is 33.6 Å². The number of sulfonamides is 1. The maximum atomic E-state index is 12.9. The molecule has 0 aromatic heterocycles. The second-order valence-corrected chi connectivity index (χ2v) is 8.79. The van der Waals surface area contributed by atoms with Crippen molar-refractivity contribution in [2.75, 3.05) is 33.2 Å². The van der Waals surface area contributed by atoms with Crippen molar-refractivity contribution in [3.63, 3.8) is 0 Å². The highest BCUT2D eigenvalue weighted by molar-refractivity contribution is 7.92. The second-order valence-electron chi connectivity index (χ2n) is 7.11. The minimum atomic E-state index is -4.12. The summed E-state index contributed by atoms with van der Waals surface area (Å²) in [6, 6.07) is 13.3. The van der Waals surface area contributed by atoms with Crippen LogP contribution in [0.2, 0.25) is 0 Å². The molecule has 0 saturated carbocycles. The molecule has 0 amide bonds. The number of ether oxygens (including phenoxy) is 4. The molecule has 0 atom stereocenters. The quantitative estimate of drug-likeness (QED) is 0.243. The minimum absolute atomic E-state index is 0.172. The van der Waals surface area contributed by atoms with Gasteiger partial charge in [0, 0.05) is 12.1 Å². The van der Waals surface area contributed by atoms with E-state index in [-0.39, 0.29) is 22.0 Å². The lowest BCUT2D eigenvalue weighted by atomic mass is 10.1. The Morgan fingerprint density at radius 3 is 2.00 bits per heavy atom. The minimum Gasteiger partial charge on any atom is -0.495 e. The highest BCUT2D eigenvalue weighted by atomic mass is 32.2. The van der Waals surface area contributed by atoms with E-state index in [0.29, 0.717) is 22.8 Å². The molecular weight excluding hydrogens is 476 g/mol. The Morgan fingerprint density at radius 1 is 0.800 bits per heavy atom. The number of nitrogens with one attached hydrogen (secondary N) is 1. The van der Waals surface area contributed by atoms with Gasteiger partial charge < -0.3 is 18.9 Å². The summed E-state index contributed by atoms with van der Waals surface area (Å²) in [7, 11) is 1.85. The number of nitrogens with zero attached hydrogens (tertiary/aromatic N) is 1. The van der Waals surface area contributed by atoms with Crippen LogP contribution in [0.4, 0.5) is 11.4 Å². The van der Waals surface area contributed by atoms with E-state index < -0.39 is 14.9 Å². The van der Waals surface area contributed by atoms with Gasteiger partial charge in [0.05, 0.1) is 43.9 Å². The third kappa shape index (κ3) is 5.82. The summed E-state index contributed by atoms with van der Waals surface area (Å²) in [5, 5.41) is 11.0. The third-order valence-electron chi connectivity index (χ3n) is 4.96. The van der Waals surface area contributed by atoms with E-state index in [2.05, 4.69) is 4.72 Å². The summed E-state index contributed by atoms with van der Waals surface area (Å²) < 4.78 is 49.6. The van der Waals surface area contributed by atoms with Crippen LogP contribution in [-0.4, -0.2) is 41.8 Å². The van der Waals surface area contributed by atoms with Crippen molar-refractivity contribution in [2.45, 2.75) is 4.90 Å². The van der Waals surface area contributed by atoms with E-state index in [1.165, 1.54) is 46.6 Å². The Kier molecular flexibility index (Phi) is 7.82. The summed E-state index contributed by atoms with van der Waals surface area (Å²) in [5.41, 5.74) is 1.26. The molecule has 1 N–H and O–H groups in total. The van der Waals surface area contributed by atoms with Gasteiger partial charge in [-0.3, -0.25) is 14.8 Å². The van der Waals surface area contributed by atoms with E-state index in [4.69, 9.17) is 18.9 Å². The van der Waals surface area contributed by atoms with Gasteiger partial charge >= 0.3 is 0 Å². The average Bonchev–Trinajstić information content (AvgIpc) is 2.86. The number of benzene rings is 3. The van der Waals surface area contributed by atoms with Gasteiger partial charge in [-0.1, -0.05) is 24.3 Å². The fourth-order valence-corrected chi connectivity index (χ4v) is 4.37. The van der Waals surface area contributed by atoms with Crippen molar-refractivity contribution in [2.24, 2.45) is 0 Å². The molecule has 0 bridgehead atoms. The van der Waals surface area contributed by atoms with Crippen LogP contribution in [0.5, 0.6) is 23.0 Å². The smallest absolute Gasteiger partial charge is 0.270 e. The predicted molar refractivity (Wildman–Crippen MR) is 132 cm³/mol. The Bertz CT molecular complexity index is 1340. The molecule has 0 aliphatic carbocycles. The normalized spacial score (nSPS) is 11.2. The Hall–Kier alpha value is -4.25. The van der Waals surface area contributed by atoms with Crippen molar-refractivity contribution in [3.05, 3.63) is 75.8 Å². The van der Waals surface area contributed by atoms with Gasteiger partial charge in [-0.05, 0) is 41.5 Å². The second kappa shape index (κ2) is 10.8. The fraction of sp³-hybridized carbons (Fsp3) is 0.167. The highest BCUT2D eigenvalue weighted by Gasteiger charge is 2.20. The number of anilines is 1. The van der Waals surface area contributed by atoms with Gasteiger partial charge in [-0.15, -0.1) is 0 Å². The summed E-state index contributed by atoms with van der Waals surface area (Å²) >= 11 is 0. The number of methoxy groups -OCH3 is 4. The van der Waals surface area contributed by atoms with Crippen LogP contribution in [0.3, 0.4) is 0 Å². The van der Waals surface area contributed by atoms with Gasteiger partial charge in [0.25, 0.3) is 15.7 Å². The summed E-state index contributed by atoms with van der Waals surface area (Å²) in [6.45, 7) is 0. The number of hydrogen-bond donors (Lipinski definition) is 1. The molecule has 0 radical (unpaired) electrons. The highest BCUT2D eigenvalue weighted by Crippen LogP contribution is 2.38. The zero-order valence-corrected chi connectivity index (χ0v) is 20.3. The monoisotopic (exact) mass is 500 g/mol. The van der Waals surface area contributed by atoms with Crippen LogP contribution < -0.4 is 23.7 Å². The van der Waals surface area contributed by atoms with Crippen LogP contribution in [-0.2, 0) is 10.0 Å². The topological polar surface area (TPSA) is 126 Å². The van der Waals surface area contributed by atoms with Crippen LogP contribution in [0.1, 0.15) is 11.1 Å². The van der Waals surface area contributed by atoms with Gasteiger partial charge in [0.2, 0.25) is 5.75 Å². The average molecular weight is 501 g/mol. The summed E-state index contributed by atoms with van der Waals surface area (Å²) in [4.78, 5) is 10.1. The maximum Gasteiger partial charge on any atom is 0.270 e. The van der Waals surface area contributed by atoms with Crippen molar-refractivity contribution < 1.29 is 32.3 Å². The molecule has 3 rings (SSSR count). The molecule has 0 aliphatic heterocycles. The maximum absolute atomic E-state index is 12.9. The zero-order chi connectivity index (χ0) is 25.6. The number of nitro groups is 1. The van der Waals surface area contributed by atoms with Crippen LogP contribution >= 0.6 is 0 Å². The SMILES string of the molecule is COc1ccc(/C=C\c2cc(OC)c(OC)c(OC)c2)cc1NS(=O)(=O)c1cccc([N+](=O)[O-])c1. The van der Waals surface area contributed by atoms with Crippen LogP contribution in [0.15, 0.2) is 59.5 Å². The van der Waals surface area contributed by atoms with Crippen molar-refractivity contribution in [1.82, 2.24) is 0 Å². The van der Waals surface area contributed by atoms with Gasteiger partial charge in [-0.25, -0.2) is 8.42 Å². The molecule has 10 nitrogen and oxygen atoms in total. The summed E-state index contributed by atoms with van der Waals surface area (Å²) in [5.74, 6) is 1.73. The molecule has 3 aromatic rings. The first-order chi connectivity index (χ1) is 16.7. The number of hydrogen-bond acceptors (Lipinski definition) is 8. The molecule has 0 saturated heterocycles. The first-order valence-corrected chi connectivity index (χ1v) is 11.6. The first kappa shape index (κ1) is 25.4. The predicted octanol–water partition coefficient (Wildman–Crippen LogP) is 4.60. The molecule has 11 heteroatoms. The van der Waals surface area contributed by atoms with Crippen LogP contribution in [0.25, 0.3) is 12.2 Å². The van der Waals surface area contributed by atoms with E-state index in [1.807, 2.05) is 0 Å². The lowest BCUT2D eigenvalue weighted by Crippen LogP contribution is -2.14. The Labute approximate surface area is 202 Å². The molecule has 0 heterocycles. The Morgan fingerprint density at radius 2 is 1.43 bits per heavy atom. The van der Waals surface area contributed by atoms with Gasteiger partial charge in [0.15, 0.2) is 11.5 Å². The van der Waals surface area contributed by atoms with Crippen molar-refractivity contribution in [3.8, 4) is 23.0 Å². The lowest BCUT2D eigenvalue weighted by Gasteiger charge is -2.13. The Balaban J connectivity index is 1.94. The molecule has 0 fully saturated rings. The van der Waals surface area contributed by atoms with Crippen LogP contribution in [0, 0.1) is 10.1 Å². The molecular formula is C24H24N2O8S. The molecule has 0 unspecified atom stereocenters. The largest absolute Gasteiger partial charge is 0.495 e. The number of rotatable bonds is 10. The van der Waals surface area contributed by atoms with Crippen molar-refractivity contribution in [1.29, 1.82) is 0 Å². The first-order valence-electron chi connectivity index (χ1n) is 10.2. The van der Waals surface area contributed by atoms with Gasteiger partial charge in [0.1, 0.15) is 5.75 Å². The molecule has 3 aromatic carbocycles. The third-order valence-corrected chi connectivity index (χ3v) is 6.33. The standard InChI is InChI=1S/C24H24N2O8S/c1-31-21-11-10-16(8-9-17-13-22(32-2)24(34-4)23(14-17)33-3)12-20(21)25-35(29,30)19-7-5-6-18(15-19)26(27)28/h5-15,25H,1-4H3/b9-8-. The zero-order valence-electron chi connectivity index (χ0n) is 19.5. The van der Waals surface area contributed by atoms with E-state index in [1.54, 1.807) is 42.5 Å². The van der Waals surface area contributed by atoms with E-state index >= 15 is 0 Å². The molecule has 0 aliphatic rings. The summed E-state index contributed by atoms with van der Waals surface area (Å²) in [6.07, 6.45) is 3.57. The molecule has 35 heavy (non-hydrogen) atoms. The molecule has 184 valence electrons. The number of nitro benzene ring substituents is 1. The lowest BCUT2D eigenvalue weighted by molar-refractivity contribution is -0.385. The van der Waals surface area contributed by atoms with Gasteiger partial charge in [-0.2, -0.15) is 0 Å². The fourth-order valence-electron chi connectivity index (χ4n) is 3.27. The molecule has 0 spiro atoms. The number of non-ortho nitro benzene ring substituents is 1.